The molecule has 0 saturated carbocycles. The molecule has 1 fully saturated rings. The zero-order valence-corrected chi connectivity index (χ0v) is 19.1. The van der Waals surface area contributed by atoms with E-state index in [4.69, 9.17) is 4.74 Å². The van der Waals surface area contributed by atoms with Gasteiger partial charge in [-0.15, -0.1) is 5.10 Å². The first-order valence-corrected chi connectivity index (χ1v) is 11.5. The van der Waals surface area contributed by atoms with Crippen molar-refractivity contribution < 1.29 is 31.3 Å². The monoisotopic (exact) mass is 512 g/mol. The lowest BCUT2D eigenvalue weighted by Crippen LogP contribution is -2.43. The van der Waals surface area contributed by atoms with Gasteiger partial charge >= 0.3 is 6.18 Å². The molecule has 1 saturated heterocycles. The fraction of sp³-hybridized carbons (Fsp3) is 0.333. The Bertz CT molecular complexity index is 1220. The number of carbonyl (C=O) groups excluding carboxylic acids is 1. The van der Waals surface area contributed by atoms with Crippen molar-refractivity contribution in [2.24, 2.45) is 0 Å². The highest BCUT2D eigenvalue weighted by Gasteiger charge is 2.35. The molecule has 1 aliphatic heterocycles. The topological polar surface area (TPSA) is 102 Å². The van der Waals surface area contributed by atoms with Crippen molar-refractivity contribution in [3.63, 3.8) is 0 Å². The molecular formula is C21H20F4N6O3S. The number of ether oxygens (including phenoxy) is 1. The third-order valence-corrected chi connectivity index (χ3v) is 6.83. The molecule has 9 nitrogen and oxygen atoms in total. The van der Waals surface area contributed by atoms with Crippen LogP contribution in [0.1, 0.15) is 24.1 Å². The highest BCUT2D eigenvalue weighted by atomic mass is 32.2. The van der Waals surface area contributed by atoms with Crippen LogP contribution in [0, 0.1) is 5.82 Å². The van der Waals surface area contributed by atoms with E-state index in [-0.39, 0.29) is 24.1 Å². The van der Waals surface area contributed by atoms with Crippen molar-refractivity contribution in [2.75, 3.05) is 13.7 Å². The number of amides is 1. The summed E-state index contributed by atoms with van der Waals surface area (Å²) in [5, 5.41) is 6.89. The largest absolute Gasteiger partial charge is 0.480 e. The fourth-order valence-corrected chi connectivity index (χ4v) is 4.94. The number of halogens is 4. The van der Waals surface area contributed by atoms with Gasteiger partial charge in [0, 0.05) is 19.3 Å². The van der Waals surface area contributed by atoms with Crippen LogP contribution in [-0.2, 0) is 28.5 Å². The maximum Gasteiger partial charge on any atom is 0.434 e. The van der Waals surface area contributed by atoms with E-state index >= 15 is 0 Å². The van der Waals surface area contributed by atoms with Crippen LogP contribution in [0.25, 0.3) is 5.82 Å². The summed E-state index contributed by atoms with van der Waals surface area (Å²) in [5.41, 5.74) is -0.682. The highest BCUT2D eigenvalue weighted by Crippen LogP contribution is 2.27. The molecule has 1 aromatic carbocycles. The van der Waals surface area contributed by atoms with Gasteiger partial charge in [0.2, 0.25) is 11.8 Å². The van der Waals surface area contributed by atoms with Gasteiger partial charge in [0.1, 0.15) is 22.8 Å². The third-order valence-electron chi connectivity index (χ3n) is 5.30. The van der Waals surface area contributed by atoms with E-state index in [1.54, 1.807) is 4.31 Å². The molecule has 4 rings (SSSR count). The predicted molar refractivity (Wildman–Crippen MR) is 115 cm³/mol. The Morgan fingerprint density at radius 2 is 1.97 bits per heavy atom. The quantitative estimate of drug-likeness (QED) is 0.489. The van der Waals surface area contributed by atoms with E-state index in [9.17, 15) is 26.6 Å². The van der Waals surface area contributed by atoms with E-state index in [0.29, 0.717) is 36.0 Å². The van der Waals surface area contributed by atoms with Crippen LogP contribution in [0.2, 0.25) is 0 Å². The zero-order chi connectivity index (χ0) is 25.2. The number of alkyl halides is 3. The number of nitrogens with zero attached hydrogens (tertiary/aromatic N) is 5. The Hall–Kier alpha value is -3.39. The van der Waals surface area contributed by atoms with E-state index in [0.717, 1.165) is 6.20 Å². The van der Waals surface area contributed by atoms with Gasteiger partial charge in [-0.1, -0.05) is 0 Å². The third kappa shape index (κ3) is 5.48. The number of methoxy groups -OCH3 is 1. The second-order valence-electron chi connectivity index (χ2n) is 7.59. The van der Waals surface area contributed by atoms with Crippen LogP contribution in [0.15, 0.2) is 47.8 Å². The Kier molecular flexibility index (Phi) is 7.12. The number of carbonyl (C=O) groups is 1. The van der Waals surface area contributed by atoms with Gasteiger partial charge in [-0.2, -0.15) is 13.2 Å². The second kappa shape index (κ2) is 10.1. The minimum atomic E-state index is -4.61. The fourth-order valence-electron chi connectivity index (χ4n) is 3.58. The van der Waals surface area contributed by atoms with E-state index in [2.05, 4.69) is 20.4 Å². The second-order valence-corrected chi connectivity index (χ2v) is 9.02. The summed E-state index contributed by atoms with van der Waals surface area (Å²) in [5.74, 6) is -0.629. The molecule has 0 aliphatic carbocycles. The normalized spacial score (nSPS) is 17.3. The van der Waals surface area contributed by atoms with Gasteiger partial charge in [-0.25, -0.2) is 27.6 Å². The average molecular weight is 512 g/mol. The maximum atomic E-state index is 13.2. The summed E-state index contributed by atoms with van der Waals surface area (Å²) < 4.78 is 72.2. The number of aromatic nitrogens is 4. The lowest BCUT2D eigenvalue weighted by molar-refractivity contribution is -0.141. The van der Waals surface area contributed by atoms with Crippen LogP contribution < -0.4 is 10.1 Å². The summed E-state index contributed by atoms with van der Waals surface area (Å²) in [4.78, 5) is 20.4. The van der Waals surface area contributed by atoms with Gasteiger partial charge in [-0.05, 0) is 37.1 Å². The van der Waals surface area contributed by atoms with Crippen LogP contribution >= 0.6 is 0 Å². The number of hydrogen-bond donors (Lipinski definition) is 1. The molecule has 1 aliphatic rings. The zero-order valence-electron chi connectivity index (χ0n) is 18.3. The Balaban J connectivity index is 1.44. The van der Waals surface area contributed by atoms with Gasteiger partial charge in [0.15, 0.2) is 11.5 Å². The molecule has 0 bridgehead atoms. The summed E-state index contributed by atoms with van der Waals surface area (Å²) in [6.45, 7) is 0.444. The number of rotatable bonds is 7. The van der Waals surface area contributed by atoms with Crippen LogP contribution in [0.5, 0.6) is 5.88 Å². The summed E-state index contributed by atoms with van der Waals surface area (Å²) >= 11 is 0. The molecule has 2 unspecified atom stereocenters. The lowest BCUT2D eigenvalue weighted by atomic mass is 10.2. The van der Waals surface area contributed by atoms with Crippen molar-refractivity contribution in [1.29, 1.82) is 0 Å². The number of hydrogen-bond acceptors (Lipinski definition) is 6. The van der Waals surface area contributed by atoms with Crippen molar-refractivity contribution in [3.8, 4) is 11.7 Å². The molecule has 14 heteroatoms. The molecule has 3 heterocycles. The van der Waals surface area contributed by atoms with Gasteiger partial charge in [0.25, 0.3) is 0 Å². The Labute approximate surface area is 199 Å². The van der Waals surface area contributed by atoms with Crippen LogP contribution in [0.3, 0.4) is 0 Å². The lowest BCUT2D eigenvalue weighted by Gasteiger charge is -2.22. The summed E-state index contributed by atoms with van der Waals surface area (Å²) in [7, 11) is -0.270. The first-order valence-electron chi connectivity index (χ1n) is 10.4. The van der Waals surface area contributed by atoms with E-state index in [1.165, 1.54) is 42.3 Å². The smallest absolute Gasteiger partial charge is 0.434 e. The highest BCUT2D eigenvalue weighted by molar-refractivity contribution is 7.82. The number of nitrogens with one attached hydrogen (secondary N) is 1. The van der Waals surface area contributed by atoms with Crippen molar-refractivity contribution in [2.45, 2.75) is 36.5 Å². The standard InChI is InChI=1S/C21H20F4N6O3S/c1-34-20-13(12-30(29-20)18-11-26-17(10-27-18)21(23,24)25)9-28-19(32)16-3-2-8-31(16)35(33)15-6-4-14(22)5-7-15/h4-7,10-12,16H,2-3,8-9H2,1H3,(H,28,32). The molecule has 1 amide bonds. The minimum Gasteiger partial charge on any atom is -0.480 e. The summed E-state index contributed by atoms with van der Waals surface area (Å²) in [6, 6.07) is 4.61. The minimum absolute atomic E-state index is 0.00356. The van der Waals surface area contributed by atoms with Gasteiger partial charge < -0.3 is 10.1 Å². The maximum absolute atomic E-state index is 13.2. The van der Waals surface area contributed by atoms with Crippen molar-refractivity contribution in [1.82, 2.24) is 29.4 Å². The molecule has 0 spiro atoms. The molecule has 1 N–H and O–H groups in total. The first kappa shape index (κ1) is 24.7. The molecule has 0 radical (unpaired) electrons. The molecule has 3 aromatic rings. The van der Waals surface area contributed by atoms with Crippen molar-refractivity contribution >= 4 is 16.9 Å². The summed E-state index contributed by atoms with van der Waals surface area (Å²) in [6.07, 6.45) is -0.467. The molecule has 35 heavy (non-hydrogen) atoms. The first-order chi connectivity index (χ1) is 16.7. The van der Waals surface area contributed by atoms with Gasteiger partial charge in [0.05, 0.1) is 30.0 Å². The number of benzene rings is 1. The average Bonchev–Trinajstić information content (AvgIpc) is 3.49. The molecule has 2 aromatic heterocycles. The Morgan fingerprint density at radius 1 is 1.23 bits per heavy atom. The van der Waals surface area contributed by atoms with E-state index < -0.39 is 34.7 Å². The Morgan fingerprint density at radius 3 is 2.60 bits per heavy atom. The van der Waals surface area contributed by atoms with Crippen molar-refractivity contribution in [3.05, 3.63) is 59.9 Å². The van der Waals surface area contributed by atoms with Crippen LogP contribution in [0.4, 0.5) is 17.6 Å². The van der Waals surface area contributed by atoms with E-state index in [1.807, 2.05) is 0 Å². The van der Waals surface area contributed by atoms with Gasteiger partial charge in [-0.3, -0.25) is 4.79 Å². The predicted octanol–water partition coefficient (Wildman–Crippen LogP) is 2.63. The SMILES string of the molecule is COc1nn(-c2cnc(C(F)(F)F)cn2)cc1CNC(=O)C1CCCN1S(=O)c1ccc(F)cc1. The molecule has 2 atom stereocenters. The van der Waals surface area contributed by atoms with Crippen LogP contribution in [-0.4, -0.2) is 53.9 Å². The molecular weight excluding hydrogens is 492 g/mol. The molecule has 186 valence electrons.